The summed E-state index contributed by atoms with van der Waals surface area (Å²) >= 11 is 6.40. The van der Waals surface area contributed by atoms with Gasteiger partial charge in [0, 0.05) is 50.2 Å². The molecule has 2 atom stereocenters. The number of H-pyrrole nitrogens is 1. The molecule has 0 bridgehead atoms. The summed E-state index contributed by atoms with van der Waals surface area (Å²) in [6.07, 6.45) is 6.38. The van der Waals surface area contributed by atoms with Crippen molar-refractivity contribution in [2.24, 2.45) is 0 Å². The minimum atomic E-state index is -0.356. The number of nitrogens with zero attached hydrogens (tertiary/aromatic N) is 5. The zero-order valence-corrected chi connectivity index (χ0v) is 18.6. The fourth-order valence-electron chi connectivity index (χ4n) is 4.17. The molecular weight excluding hydrogens is 428 g/mol. The van der Waals surface area contributed by atoms with Crippen molar-refractivity contribution in [3.05, 3.63) is 66.2 Å². The van der Waals surface area contributed by atoms with E-state index in [2.05, 4.69) is 26.5 Å². The molecule has 164 valence electrons. The lowest BCUT2D eigenvalue weighted by Crippen LogP contribution is -2.56. The number of aromatic nitrogens is 4. The molecule has 1 aliphatic rings. The maximum absolute atomic E-state index is 12.5. The summed E-state index contributed by atoms with van der Waals surface area (Å²) in [6.45, 7) is 7.86. The van der Waals surface area contributed by atoms with E-state index in [1.165, 1.54) is 13.0 Å². The Labute approximate surface area is 191 Å². The Balaban J connectivity index is 1.75. The van der Waals surface area contributed by atoms with Gasteiger partial charge in [-0.1, -0.05) is 18.2 Å². The molecular formula is C23H23ClN6O2. The maximum atomic E-state index is 12.5. The van der Waals surface area contributed by atoms with E-state index < -0.39 is 0 Å². The van der Waals surface area contributed by atoms with Gasteiger partial charge in [-0.3, -0.25) is 14.6 Å². The highest BCUT2D eigenvalue weighted by atomic mass is 35.5. The minimum Gasteiger partial charge on any atom is -0.343 e. The second-order valence-electron chi connectivity index (χ2n) is 7.71. The number of nitrogens with one attached hydrogen (secondary N) is 1. The number of hydrogen-bond donors (Lipinski definition) is 1. The van der Waals surface area contributed by atoms with E-state index in [4.69, 9.17) is 11.6 Å². The van der Waals surface area contributed by atoms with Crippen molar-refractivity contribution in [1.29, 1.82) is 0 Å². The molecule has 0 aromatic carbocycles. The van der Waals surface area contributed by atoms with Crippen LogP contribution in [0.4, 0.5) is 0 Å². The number of carbonyl (C=O) groups is 2. The normalized spacial score (nSPS) is 18.5. The topological polar surface area (TPSA) is 95.1 Å². The average molecular weight is 451 g/mol. The van der Waals surface area contributed by atoms with Crippen molar-refractivity contribution < 1.29 is 9.59 Å². The van der Waals surface area contributed by atoms with Crippen LogP contribution in [0.5, 0.6) is 0 Å². The minimum absolute atomic E-state index is 0.0632. The van der Waals surface area contributed by atoms with Crippen molar-refractivity contribution in [1.82, 2.24) is 29.7 Å². The molecule has 0 aliphatic carbocycles. The third-order valence-electron chi connectivity index (χ3n) is 5.54. The fraction of sp³-hybridized carbons (Fsp3) is 0.261. The smallest absolute Gasteiger partial charge is 0.246 e. The van der Waals surface area contributed by atoms with E-state index in [-0.39, 0.29) is 23.9 Å². The number of amides is 2. The first-order valence-electron chi connectivity index (χ1n) is 10.2. The van der Waals surface area contributed by atoms with E-state index in [0.29, 0.717) is 35.5 Å². The standard InChI is InChI=1S/C23H23ClN6O2/c1-4-22(32)29-12-14(2)30(15(3)31)20(13-29)17-10-18(28-21(24)11-17)16-5-6-25-19(9-16)23-26-7-8-27-23/h4-11,14,20H,1,12-13H2,2-3H3,(H,26,27)/t14-,20+/m1/s1. The van der Waals surface area contributed by atoms with Crippen LogP contribution in [0.25, 0.3) is 22.8 Å². The van der Waals surface area contributed by atoms with Crippen LogP contribution in [0.2, 0.25) is 5.15 Å². The van der Waals surface area contributed by atoms with Crippen LogP contribution in [-0.2, 0) is 9.59 Å². The monoisotopic (exact) mass is 450 g/mol. The van der Waals surface area contributed by atoms with Crippen LogP contribution in [0.3, 0.4) is 0 Å². The Morgan fingerprint density at radius 3 is 2.69 bits per heavy atom. The molecule has 0 radical (unpaired) electrons. The lowest BCUT2D eigenvalue weighted by atomic mass is 9.98. The Morgan fingerprint density at radius 2 is 2.00 bits per heavy atom. The third-order valence-corrected chi connectivity index (χ3v) is 5.73. The molecule has 0 spiro atoms. The van der Waals surface area contributed by atoms with Gasteiger partial charge in [-0.2, -0.15) is 0 Å². The van der Waals surface area contributed by atoms with Gasteiger partial charge in [0.2, 0.25) is 11.8 Å². The summed E-state index contributed by atoms with van der Waals surface area (Å²) in [4.78, 5) is 44.5. The maximum Gasteiger partial charge on any atom is 0.246 e. The van der Waals surface area contributed by atoms with E-state index in [1.54, 1.807) is 34.5 Å². The van der Waals surface area contributed by atoms with Crippen molar-refractivity contribution in [2.45, 2.75) is 25.9 Å². The molecule has 1 fully saturated rings. The van der Waals surface area contributed by atoms with Gasteiger partial charge >= 0.3 is 0 Å². The fourth-order valence-corrected chi connectivity index (χ4v) is 4.39. The summed E-state index contributed by atoms with van der Waals surface area (Å²) in [7, 11) is 0. The van der Waals surface area contributed by atoms with Crippen molar-refractivity contribution in [3.63, 3.8) is 0 Å². The number of hydrogen-bond acceptors (Lipinski definition) is 5. The molecule has 4 heterocycles. The third kappa shape index (κ3) is 4.27. The predicted molar refractivity (Wildman–Crippen MR) is 122 cm³/mol. The van der Waals surface area contributed by atoms with Crippen molar-refractivity contribution in [2.75, 3.05) is 13.1 Å². The van der Waals surface area contributed by atoms with E-state index >= 15 is 0 Å². The number of piperazine rings is 1. The van der Waals surface area contributed by atoms with Crippen LogP contribution in [-0.4, -0.2) is 60.7 Å². The summed E-state index contributed by atoms with van der Waals surface area (Å²) in [6, 6.07) is 6.86. The molecule has 9 heteroatoms. The van der Waals surface area contributed by atoms with Gasteiger partial charge in [-0.15, -0.1) is 0 Å². The summed E-state index contributed by atoms with van der Waals surface area (Å²) in [5.41, 5.74) is 2.94. The number of carbonyl (C=O) groups excluding carboxylic acids is 2. The lowest BCUT2D eigenvalue weighted by Gasteiger charge is -2.45. The first-order valence-corrected chi connectivity index (χ1v) is 10.6. The summed E-state index contributed by atoms with van der Waals surface area (Å²) in [5, 5.41) is 0.303. The highest BCUT2D eigenvalue weighted by Crippen LogP contribution is 2.33. The number of pyridine rings is 2. The van der Waals surface area contributed by atoms with Gasteiger partial charge in [0.15, 0.2) is 5.82 Å². The molecule has 8 nitrogen and oxygen atoms in total. The Hall–Kier alpha value is -3.52. The molecule has 3 aromatic heterocycles. The quantitative estimate of drug-likeness (QED) is 0.485. The van der Waals surface area contributed by atoms with Gasteiger partial charge in [0.1, 0.15) is 10.8 Å². The molecule has 4 rings (SSSR count). The SMILES string of the molecule is C=CC(=O)N1C[C@@H](C)N(C(C)=O)[C@H](c2cc(Cl)nc(-c3ccnc(-c4ncc[nH]4)c3)c2)C1. The van der Waals surface area contributed by atoms with Crippen LogP contribution < -0.4 is 0 Å². The van der Waals surface area contributed by atoms with Gasteiger partial charge < -0.3 is 14.8 Å². The number of rotatable bonds is 4. The average Bonchev–Trinajstić information content (AvgIpc) is 3.32. The summed E-state index contributed by atoms with van der Waals surface area (Å²) < 4.78 is 0. The van der Waals surface area contributed by atoms with Crippen LogP contribution in [0.15, 0.2) is 55.5 Å². The Morgan fingerprint density at radius 1 is 1.19 bits per heavy atom. The van der Waals surface area contributed by atoms with Crippen molar-refractivity contribution >= 4 is 23.4 Å². The molecule has 3 aromatic rings. The van der Waals surface area contributed by atoms with E-state index in [9.17, 15) is 9.59 Å². The Bertz CT molecular complexity index is 1160. The number of halogens is 1. The zero-order chi connectivity index (χ0) is 22.8. The second kappa shape index (κ2) is 8.92. The van der Waals surface area contributed by atoms with Gasteiger partial charge in [0.25, 0.3) is 0 Å². The molecule has 0 saturated carbocycles. The molecule has 1 aliphatic heterocycles. The van der Waals surface area contributed by atoms with E-state index in [0.717, 1.165) is 11.1 Å². The van der Waals surface area contributed by atoms with Crippen LogP contribution >= 0.6 is 11.6 Å². The first-order chi connectivity index (χ1) is 15.4. The van der Waals surface area contributed by atoms with Crippen molar-refractivity contribution in [3.8, 4) is 22.8 Å². The van der Waals surface area contributed by atoms with Gasteiger partial charge in [-0.25, -0.2) is 9.97 Å². The lowest BCUT2D eigenvalue weighted by molar-refractivity contribution is -0.143. The molecule has 1 N–H and O–H groups in total. The van der Waals surface area contributed by atoms with Gasteiger partial charge in [0.05, 0.1) is 11.7 Å². The highest BCUT2D eigenvalue weighted by molar-refractivity contribution is 6.29. The molecule has 32 heavy (non-hydrogen) atoms. The largest absolute Gasteiger partial charge is 0.343 e. The summed E-state index contributed by atoms with van der Waals surface area (Å²) in [5.74, 6) is 0.422. The molecule has 0 unspecified atom stereocenters. The number of aromatic amines is 1. The molecule has 2 amide bonds. The zero-order valence-electron chi connectivity index (χ0n) is 17.8. The Kier molecular flexibility index (Phi) is 6.05. The van der Waals surface area contributed by atoms with Gasteiger partial charge in [-0.05, 0) is 42.8 Å². The number of imidazole rings is 1. The molecule has 1 saturated heterocycles. The van der Waals surface area contributed by atoms with Crippen LogP contribution in [0.1, 0.15) is 25.5 Å². The first kappa shape index (κ1) is 21.7. The highest BCUT2D eigenvalue weighted by Gasteiger charge is 2.36. The second-order valence-corrected chi connectivity index (χ2v) is 8.10. The predicted octanol–water partition coefficient (Wildman–Crippen LogP) is 3.49. The van der Waals surface area contributed by atoms with Crippen LogP contribution in [0, 0.1) is 0 Å². The van der Waals surface area contributed by atoms with E-state index in [1.807, 2.05) is 25.1 Å².